The first-order chi connectivity index (χ1) is 15.7. The maximum atomic E-state index is 13.0. The SMILES string of the molecule is CCN(c1ccc(OCC(=O)Nc2cccc([N+](=O)[O-])c2)cc1)S(=O)(=O)c1ccc(C)cc1. The molecule has 9 nitrogen and oxygen atoms in total. The van der Waals surface area contributed by atoms with Gasteiger partial charge in [0.15, 0.2) is 6.61 Å². The van der Waals surface area contributed by atoms with Crippen molar-refractivity contribution < 1.29 is 22.9 Å². The van der Waals surface area contributed by atoms with E-state index in [0.29, 0.717) is 11.4 Å². The van der Waals surface area contributed by atoms with E-state index in [1.165, 1.54) is 28.6 Å². The smallest absolute Gasteiger partial charge is 0.271 e. The number of hydrogen-bond acceptors (Lipinski definition) is 6. The molecule has 0 unspecified atom stereocenters. The number of carbonyl (C=O) groups excluding carboxylic acids is 1. The number of ether oxygens (including phenoxy) is 1. The number of sulfonamides is 1. The molecule has 0 saturated heterocycles. The Kier molecular flexibility index (Phi) is 7.29. The van der Waals surface area contributed by atoms with Crippen LogP contribution in [0.4, 0.5) is 17.1 Å². The first-order valence-electron chi connectivity index (χ1n) is 10.1. The second-order valence-corrected chi connectivity index (χ2v) is 8.98. The maximum Gasteiger partial charge on any atom is 0.271 e. The summed E-state index contributed by atoms with van der Waals surface area (Å²) in [7, 11) is -3.72. The zero-order chi connectivity index (χ0) is 24.0. The van der Waals surface area contributed by atoms with Crippen molar-refractivity contribution in [3.05, 3.63) is 88.5 Å². The number of aryl methyl sites for hydroxylation is 1. The Morgan fingerprint density at radius 3 is 2.33 bits per heavy atom. The van der Waals surface area contributed by atoms with E-state index in [-0.39, 0.29) is 29.4 Å². The van der Waals surface area contributed by atoms with Crippen molar-refractivity contribution >= 4 is 33.0 Å². The Morgan fingerprint density at radius 1 is 1.06 bits per heavy atom. The lowest BCUT2D eigenvalue weighted by molar-refractivity contribution is -0.384. The lowest BCUT2D eigenvalue weighted by Crippen LogP contribution is -2.30. The van der Waals surface area contributed by atoms with Crippen molar-refractivity contribution in [3.8, 4) is 5.75 Å². The van der Waals surface area contributed by atoms with E-state index in [0.717, 1.165) is 5.56 Å². The second kappa shape index (κ2) is 10.1. The van der Waals surface area contributed by atoms with Crippen LogP contribution in [0.2, 0.25) is 0 Å². The van der Waals surface area contributed by atoms with Crippen LogP contribution in [0.15, 0.2) is 77.7 Å². The van der Waals surface area contributed by atoms with Crippen LogP contribution in [0.5, 0.6) is 5.75 Å². The number of anilines is 2. The molecule has 0 fully saturated rings. The summed E-state index contributed by atoms with van der Waals surface area (Å²) in [6, 6.07) is 18.6. The van der Waals surface area contributed by atoms with Gasteiger partial charge in [0.1, 0.15) is 5.75 Å². The van der Waals surface area contributed by atoms with Gasteiger partial charge in [0.25, 0.3) is 21.6 Å². The molecule has 3 rings (SSSR count). The quantitative estimate of drug-likeness (QED) is 0.372. The van der Waals surface area contributed by atoms with Crippen LogP contribution in [-0.4, -0.2) is 32.4 Å². The second-order valence-electron chi connectivity index (χ2n) is 7.12. The molecule has 0 aliphatic carbocycles. The fraction of sp³-hybridized carbons (Fsp3) is 0.174. The minimum Gasteiger partial charge on any atom is -0.484 e. The van der Waals surface area contributed by atoms with E-state index < -0.39 is 20.9 Å². The topological polar surface area (TPSA) is 119 Å². The maximum absolute atomic E-state index is 13.0. The summed E-state index contributed by atoms with van der Waals surface area (Å²) in [6.45, 7) is 3.55. The Hall–Kier alpha value is -3.92. The predicted molar refractivity (Wildman–Crippen MR) is 125 cm³/mol. The summed E-state index contributed by atoms with van der Waals surface area (Å²) in [6.07, 6.45) is 0. The molecular formula is C23H23N3O6S. The van der Waals surface area contributed by atoms with Crippen LogP contribution >= 0.6 is 0 Å². The van der Waals surface area contributed by atoms with Gasteiger partial charge in [-0.2, -0.15) is 0 Å². The van der Waals surface area contributed by atoms with Gasteiger partial charge in [-0.25, -0.2) is 8.42 Å². The number of nitrogens with zero attached hydrogens (tertiary/aromatic N) is 2. The highest BCUT2D eigenvalue weighted by atomic mass is 32.2. The molecule has 1 N–H and O–H groups in total. The fourth-order valence-corrected chi connectivity index (χ4v) is 4.55. The molecule has 0 spiro atoms. The van der Waals surface area contributed by atoms with Gasteiger partial charge >= 0.3 is 0 Å². The van der Waals surface area contributed by atoms with E-state index in [1.54, 1.807) is 55.5 Å². The number of hydrogen-bond donors (Lipinski definition) is 1. The fourth-order valence-electron chi connectivity index (χ4n) is 3.08. The summed E-state index contributed by atoms with van der Waals surface area (Å²) < 4.78 is 32.8. The van der Waals surface area contributed by atoms with Crippen LogP contribution in [-0.2, 0) is 14.8 Å². The van der Waals surface area contributed by atoms with Gasteiger partial charge in [0, 0.05) is 24.4 Å². The summed E-state index contributed by atoms with van der Waals surface area (Å²) in [5.74, 6) is -0.117. The van der Waals surface area contributed by atoms with Crippen molar-refractivity contribution in [2.45, 2.75) is 18.7 Å². The minimum absolute atomic E-state index is 0.134. The van der Waals surface area contributed by atoms with E-state index in [2.05, 4.69) is 5.32 Å². The number of nitrogens with one attached hydrogen (secondary N) is 1. The highest BCUT2D eigenvalue weighted by Crippen LogP contribution is 2.26. The van der Waals surface area contributed by atoms with Gasteiger partial charge in [-0.3, -0.25) is 19.2 Å². The summed E-state index contributed by atoms with van der Waals surface area (Å²) in [4.78, 5) is 22.6. The Balaban J connectivity index is 1.64. The summed E-state index contributed by atoms with van der Waals surface area (Å²) in [5.41, 5.74) is 1.58. The lowest BCUT2D eigenvalue weighted by atomic mass is 10.2. The molecule has 0 bridgehead atoms. The molecule has 172 valence electrons. The standard InChI is InChI=1S/C23H23N3O6S/c1-3-25(33(30,31)22-13-7-17(2)8-14-22)19-9-11-21(12-10-19)32-16-23(27)24-18-5-4-6-20(15-18)26(28)29/h4-15H,3,16H2,1-2H3,(H,24,27). The van der Waals surface area contributed by atoms with Gasteiger partial charge in [0.2, 0.25) is 0 Å². The van der Waals surface area contributed by atoms with Crippen molar-refractivity contribution in [1.29, 1.82) is 0 Å². The van der Waals surface area contributed by atoms with E-state index in [1.807, 2.05) is 6.92 Å². The molecule has 0 heterocycles. The van der Waals surface area contributed by atoms with Crippen LogP contribution in [0, 0.1) is 17.0 Å². The number of nitro benzene ring substituents is 1. The molecule has 3 aromatic carbocycles. The minimum atomic E-state index is -3.72. The highest BCUT2D eigenvalue weighted by Gasteiger charge is 2.23. The molecule has 3 aromatic rings. The van der Waals surface area contributed by atoms with E-state index in [9.17, 15) is 23.3 Å². The Morgan fingerprint density at radius 2 is 1.73 bits per heavy atom. The third kappa shape index (κ3) is 5.86. The first kappa shape index (κ1) is 23.7. The molecule has 1 amide bonds. The van der Waals surface area contributed by atoms with Gasteiger partial charge < -0.3 is 10.1 Å². The molecule has 33 heavy (non-hydrogen) atoms. The normalized spacial score (nSPS) is 11.0. The largest absolute Gasteiger partial charge is 0.484 e. The van der Waals surface area contributed by atoms with Crippen LogP contribution in [0.25, 0.3) is 0 Å². The van der Waals surface area contributed by atoms with Crippen molar-refractivity contribution in [2.24, 2.45) is 0 Å². The molecule has 0 aromatic heterocycles. The average Bonchev–Trinajstić information content (AvgIpc) is 2.79. The summed E-state index contributed by atoms with van der Waals surface area (Å²) >= 11 is 0. The molecule has 0 saturated carbocycles. The number of benzene rings is 3. The first-order valence-corrected chi connectivity index (χ1v) is 11.5. The highest BCUT2D eigenvalue weighted by molar-refractivity contribution is 7.92. The zero-order valence-corrected chi connectivity index (χ0v) is 18.9. The number of carbonyl (C=O) groups is 1. The van der Waals surface area contributed by atoms with Crippen molar-refractivity contribution in [3.63, 3.8) is 0 Å². The van der Waals surface area contributed by atoms with Gasteiger partial charge in [-0.1, -0.05) is 23.8 Å². The number of amides is 1. The monoisotopic (exact) mass is 469 g/mol. The average molecular weight is 470 g/mol. The Bertz CT molecular complexity index is 1240. The molecule has 0 atom stereocenters. The lowest BCUT2D eigenvalue weighted by Gasteiger charge is -2.23. The number of nitro groups is 1. The third-order valence-corrected chi connectivity index (χ3v) is 6.65. The predicted octanol–water partition coefficient (Wildman–Crippen LogP) is 4.14. The van der Waals surface area contributed by atoms with Crippen molar-refractivity contribution in [2.75, 3.05) is 22.8 Å². The van der Waals surface area contributed by atoms with Crippen LogP contribution < -0.4 is 14.4 Å². The van der Waals surface area contributed by atoms with Crippen LogP contribution in [0.3, 0.4) is 0 Å². The van der Waals surface area contributed by atoms with Crippen molar-refractivity contribution in [1.82, 2.24) is 0 Å². The van der Waals surface area contributed by atoms with E-state index in [4.69, 9.17) is 4.74 Å². The van der Waals surface area contributed by atoms with Gasteiger partial charge in [0.05, 0.1) is 15.5 Å². The molecular weight excluding hydrogens is 446 g/mol. The molecule has 0 aliphatic heterocycles. The molecule has 0 radical (unpaired) electrons. The summed E-state index contributed by atoms with van der Waals surface area (Å²) in [5, 5.41) is 13.4. The molecule has 10 heteroatoms. The van der Waals surface area contributed by atoms with Gasteiger partial charge in [-0.15, -0.1) is 0 Å². The zero-order valence-electron chi connectivity index (χ0n) is 18.1. The van der Waals surface area contributed by atoms with E-state index >= 15 is 0 Å². The van der Waals surface area contributed by atoms with Gasteiger partial charge in [-0.05, 0) is 56.3 Å². The Labute approximate surface area is 191 Å². The van der Waals surface area contributed by atoms with Crippen LogP contribution in [0.1, 0.15) is 12.5 Å². The number of rotatable bonds is 9. The molecule has 0 aliphatic rings. The third-order valence-electron chi connectivity index (χ3n) is 4.73. The number of non-ortho nitro benzene ring substituents is 1.